The van der Waals surface area contributed by atoms with Gasteiger partial charge in [0, 0.05) is 24.5 Å². The van der Waals surface area contributed by atoms with Gasteiger partial charge in [0.2, 0.25) is 0 Å². The van der Waals surface area contributed by atoms with Crippen molar-refractivity contribution < 1.29 is 0 Å². The quantitative estimate of drug-likeness (QED) is 0.865. The molecule has 0 saturated carbocycles. The fraction of sp³-hybridized carbons (Fsp3) is 0.267. The molecule has 1 heterocycles. The number of hydrogen-bond donors (Lipinski definition) is 1. The van der Waals surface area contributed by atoms with Crippen molar-refractivity contribution in [3.8, 4) is 0 Å². The molecule has 0 radical (unpaired) electrons. The van der Waals surface area contributed by atoms with E-state index in [2.05, 4.69) is 47.6 Å². The van der Waals surface area contributed by atoms with Crippen molar-refractivity contribution in [2.24, 2.45) is 0 Å². The first-order valence-corrected chi connectivity index (χ1v) is 5.95. The van der Waals surface area contributed by atoms with Gasteiger partial charge in [-0.3, -0.25) is 4.98 Å². The van der Waals surface area contributed by atoms with Crippen molar-refractivity contribution in [2.75, 3.05) is 0 Å². The van der Waals surface area contributed by atoms with Crippen LogP contribution in [0.2, 0.25) is 0 Å². The van der Waals surface area contributed by atoms with Crippen molar-refractivity contribution in [1.82, 2.24) is 10.3 Å². The highest BCUT2D eigenvalue weighted by Crippen LogP contribution is 2.12. The maximum Gasteiger partial charge on any atom is 0.0372 e. The SMILES string of the molecule is Cc1ccc(CN[C@H](C)c2ccccc2)cn1. The molecule has 2 heteroatoms. The Hall–Kier alpha value is -1.67. The van der Waals surface area contributed by atoms with E-state index in [4.69, 9.17) is 0 Å². The lowest BCUT2D eigenvalue weighted by atomic mass is 10.1. The Bertz CT molecular complexity index is 448. The molecule has 1 aromatic carbocycles. The average Bonchev–Trinajstić information content (AvgIpc) is 2.39. The van der Waals surface area contributed by atoms with Gasteiger partial charge in [-0.05, 0) is 31.0 Å². The third-order valence-electron chi connectivity index (χ3n) is 2.88. The summed E-state index contributed by atoms with van der Waals surface area (Å²) in [7, 11) is 0. The number of nitrogens with one attached hydrogen (secondary N) is 1. The lowest BCUT2D eigenvalue weighted by Crippen LogP contribution is -2.18. The lowest BCUT2D eigenvalue weighted by molar-refractivity contribution is 0.574. The molecule has 0 spiro atoms. The Labute approximate surface area is 103 Å². The summed E-state index contributed by atoms with van der Waals surface area (Å²) in [6.45, 7) is 5.03. The van der Waals surface area contributed by atoms with Crippen LogP contribution in [-0.2, 0) is 6.54 Å². The molecule has 0 bridgehead atoms. The normalized spacial score (nSPS) is 12.4. The van der Waals surface area contributed by atoms with Gasteiger partial charge < -0.3 is 5.32 Å². The second-order valence-electron chi connectivity index (χ2n) is 4.32. The van der Waals surface area contributed by atoms with E-state index in [1.165, 1.54) is 11.1 Å². The van der Waals surface area contributed by atoms with Crippen LogP contribution in [0.5, 0.6) is 0 Å². The molecule has 0 aliphatic heterocycles. The van der Waals surface area contributed by atoms with Crippen LogP contribution in [0.25, 0.3) is 0 Å². The summed E-state index contributed by atoms with van der Waals surface area (Å²) in [5, 5.41) is 3.49. The predicted octanol–water partition coefficient (Wildman–Crippen LogP) is 3.24. The fourth-order valence-electron chi connectivity index (χ4n) is 1.73. The van der Waals surface area contributed by atoms with Gasteiger partial charge in [-0.25, -0.2) is 0 Å². The molecular weight excluding hydrogens is 208 g/mol. The summed E-state index contributed by atoms with van der Waals surface area (Å²) in [5.41, 5.74) is 3.59. The molecule has 0 fully saturated rings. The smallest absolute Gasteiger partial charge is 0.0372 e. The van der Waals surface area contributed by atoms with E-state index in [9.17, 15) is 0 Å². The minimum absolute atomic E-state index is 0.359. The van der Waals surface area contributed by atoms with Crippen molar-refractivity contribution >= 4 is 0 Å². The number of aromatic nitrogens is 1. The van der Waals surface area contributed by atoms with Crippen LogP contribution < -0.4 is 5.32 Å². The minimum atomic E-state index is 0.359. The molecule has 2 nitrogen and oxygen atoms in total. The van der Waals surface area contributed by atoms with Crippen LogP contribution in [0.4, 0.5) is 0 Å². The molecule has 1 atom stereocenters. The molecule has 1 aromatic heterocycles. The number of benzene rings is 1. The van der Waals surface area contributed by atoms with Crippen LogP contribution in [0.15, 0.2) is 48.7 Å². The van der Waals surface area contributed by atoms with Gasteiger partial charge in [0.15, 0.2) is 0 Å². The summed E-state index contributed by atoms with van der Waals surface area (Å²) in [5.74, 6) is 0. The van der Waals surface area contributed by atoms with Crippen LogP contribution in [-0.4, -0.2) is 4.98 Å². The molecule has 0 saturated heterocycles. The molecule has 1 N–H and O–H groups in total. The molecule has 2 aromatic rings. The monoisotopic (exact) mass is 226 g/mol. The Kier molecular flexibility index (Phi) is 3.89. The summed E-state index contributed by atoms with van der Waals surface area (Å²) >= 11 is 0. The zero-order chi connectivity index (χ0) is 12.1. The minimum Gasteiger partial charge on any atom is -0.306 e. The van der Waals surface area contributed by atoms with Crippen LogP contribution in [0, 0.1) is 6.92 Å². The molecule has 2 rings (SSSR count). The van der Waals surface area contributed by atoms with Gasteiger partial charge in [0.05, 0.1) is 0 Å². The van der Waals surface area contributed by atoms with Crippen molar-refractivity contribution in [3.05, 3.63) is 65.5 Å². The highest BCUT2D eigenvalue weighted by molar-refractivity contribution is 5.19. The maximum absolute atomic E-state index is 4.29. The maximum atomic E-state index is 4.29. The van der Waals surface area contributed by atoms with Crippen LogP contribution >= 0.6 is 0 Å². The zero-order valence-corrected chi connectivity index (χ0v) is 10.4. The standard InChI is InChI=1S/C15H18N2/c1-12-8-9-14(10-16-12)11-17-13(2)15-6-4-3-5-7-15/h3-10,13,17H,11H2,1-2H3/t13-/m1/s1. The first-order chi connectivity index (χ1) is 8.25. The summed E-state index contributed by atoms with van der Waals surface area (Å²) in [6.07, 6.45) is 1.93. The van der Waals surface area contributed by atoms with Crippen LogP contribution in [0.1, 0.15) is 29.8 Å². The van der Waals surface area contributed by atoms with Crippen molar-refractivity contribution in [1.29, 1.82) is 0 Å². The fourth-order valence-corrected chi connectivity index (χ4v) is 1.73. The molecule has 0 unspecified atom stereocenters. The number of nitrogens with zero attached hydrogens (tertiary/aromatic N) is 1. The third-order valence-corrected chi connectivity index (χ3v) is 2.88. The van der Waals surface area contributed by atoms with E-state index >= 15 is 0 Å². The molecule has 88 valence electrons. The van der Waals surface area contributed by atoms with Gasteiger partial charge in [-0.15, -0.1) is 0 Å². The van der Waals surface area contributed by atoms with E-state index in [0.29, 0.717) is 6.04 Å². The summed E-state index contributed by atoms with van der Waals surface area (Å²) in [4.78, 5) is 4.29. The molecule has 0 aliphatic rings. The highest BCUT2D eigenvalue weighted by atomic mass is 14.9. The van der Waals surface area contributed by atoms with Crippen molar-refractivity contribution in [3.63, 3.8) is 0 Å². The van der Waals surface area contributed by atoms with E-state index in [-0.39, 0.29) is 0 Å². The molecule has 17 heavy (non-hydrogen) atoms. The van der Waals surface area contributed by atoms with E-state index in [0.717, 1.165) is 12.2 Å². The second kappa shape index (κ2) is 5.60. The second-order valence-corrected chi connectivity index (χ2v) is 4.32. The molecule has 0 amide bonds. The Balaban J connectivity index is 1.92. The largest absolute Gasteiger partial charge is 0.306 e. The van der Waals surface area contributed by atoms with E-state index in [1.54, 1.807) is 0 Å². The van der Waals surface area contributed by atoms with Crippen LogP contribution in [0.3, 0.4) is 0 Å². The highest BCUT2D eigenvalue weighted by Gasteiger charge is 2.03. The van der Waals surface area contributed by atoms with E-state index < -0.39 is 0 Å². The number of rotatable bonds is 4. The topological polar surface area (TPSA) is 24.9 Å². The molecular formula is C15H18N2. The van der Waals surface area contributed by atoms with Crippen molar-refractivity contribution in [2.45, 2.75) is 26.4 Å². The Morgan fingerprint density at radius 3 is 2.53 bits per heavy atom. The summed E-state index contributed by atoms with van der Waals surface area (Å²) in [6, 6.07) is 15.0. The van der Waals surface area contributed by atoms with Gasteiger partial charge in [-0.2, -0.15) is 0 Å². The summed E-state index contributed by atoms with van der Waals surface area (Å²) < 4.78 is 0. The third kappa shape index (κ3) is 3.40. The first kappa shape index (κ1) is 11.8. The van der Waals surface area contributed by atoms with Gasteiger partial charge in [0.1, 0.15) is 0 Å². The lowest BCUT2D eigenvalue weighted by Gasteiger charge is -2.14. The zero-order valence-electron chi connectivity index (χ0n) is 10.4. The molecule has 0 aliphatic carbocycles. The number of pyridine rings is 1. The predicted molar refractivity (Wildman–Crippen MR) is 70.7 cm³/mol. The number of hydrogen-bond acceptors (Lipinski definition) is 2. The van der Waals surface area contributed by atoms with Gasteiger partial charge in [-0.1, -0.05) is 36.4 Å². The van der Waals surface area contributed by atoms with Gasteiger partial charge in [0.25, 0.3) is 0 Å². The Morgan fingerprint density at radius 1 is 1.12 bits per heavy atom. The first-order valence-electron chi connectivity index (χ1n) is 5.95. The average molecular weight is 226 g/mol. The Morgan fingerprint density at radius 2 is 1.88 bits per heavy atom. The number of aryl methyl sites for hydroxylation is 1. The van der Waals surface area contributed by atoms with E-state index in [1.807, 2.05) is 25.3 Å². The van der Waals surface area contributed by atoms with Gasteiger partial charge >= 0.3 is 0 Å².